The van der Waals surface area contributed by atoms with Crippen molar-refractivity contribution in [3.05, 3.63) is 29.3 Å². The molecule has 1 nitrogen and oxygen atoms in total. The maximum atomic E-state index is 5.87. The molecule has 1 aromatic carbocycles. The Hall–Kier alpha value is -0.980. The second-order valence-corrected chi connectivity index (χ2v) is 5.00. The van der Waals surface area contributed by atoms with Crippen LogP contribution < -0.4 is 5.73 Å². The van der Waals surface area contributed by atoms with E-state index in [0.717, 1.165) is 5.69 Å². The monoisotopic (exact) mass is 217 g/mol. The maximum absolute atomic E-state index is 5.87. The summed E-state index contributed by atoms with van der Waals surface area (Å²) in [5.41, 5.74) is 9.84. The minimum absolute atomic E-state index is 0.925. The van der Waals surface area contributed by atoms with Crippen LogP contribution in [0.1, 0.15) is 56.1 Å². The van der Waals surface area contributed by atoms with Crippen molar-refractivity contribution in [2.24, 2.45) is 0 Å². The van der Waals surface area contributed by atoms with Gasteiger partial charge in [0.15, 0.2) is 0 Å². The first-order valence-corrected chi connectivity index (χ1v) is 6.73. The van der Waals surface area contributed by atoms with Crippen molar-refractivity contribution in [3.8, 4) is 0 Å². The highest BCUT2D eigenvalue weighted by molar-refractivity contribution is 5.45. The highest BCUT2D eigenvalue weighted by atomic mass is 14.5. The first-order valence-electron chi connectivity index (χ1n) is 6.73. The number of anilines is 1. The van der Waals surface area contributed by atoms with Gasteiger partial charge in [0.25, 0.3) is 0 Å². The van der Waals surface area contributed by atoms with Crippen molar-refractivity contribution in [3.63, 3.8) is 0 Å². The van der Waals surface area contributed by atoms with Gasteiger partial charge in [0.1, 0.15) is 0 Å². The summed E-state index contributed by atoms with van der Waals surface area (Å²) in [7, 11) is 0. The van der Waals surface area contributed by atoms with Gasteiger partial charge in [-0.1, -0.05) is 38.2 Å². The third-order valence-corrected chi connectivity index (χ3v) is 3.62. The fourth-order valence-electron chi connectivity index (χ4n) is 2.64. The van der Waals surface area contributed by atoms with Crippen molar-refractivity contribution < 1.29 is 0 Å². The number of nitrogen functional groups attached to an aromatic ring is 1. The van der Waals surface area contributed by atoms with Crippen LogP contribution in [0, 0.1) is 0 Å². The van der Waals surface area contributed by atoms with Crippen LogP contribution in [-0.2, 0) is 12.8 Å². The Balaban J connectivity index is 2.10. The largest absolute Gasteiger partial charge is 0.399 e. The quantitative estimate of drug-likeness (QED) is 0.651. The average molecular weight is 217 g/mol. The van der Waals surface area contributed by atoms with Gasteiger partial charge in [0, 0.05) is 5.69 Å². The molecule has 0 heterocycles. The van der Waals surface area contributed by atoms with Crippen LogP contribution in [0.15, 0.2) is 18.2 Å². The summed E-state index contributed by atoms with van der Waals surface area (Å²) in [6.45, 7) is 0. The van der Waals surface area contributed by atoms with Crippen LogP contribution in [0.3, 0.4) is 0 Å². The standard InChI is InChI=1S/C15H23N/c16-15-11-10-13-8-6-4-2-1-3-5-7-9-14(13)12-15/h10-12H,1-9,16H2. The zero-order valence-electron chi connectivity index (χ0n) is 10.2. The lowest BCUT2D eigenvalue weighted by molar-refractivity contribution is 0.587. The van der Waals surface area contributed by atoms with Gasteiger partial charge in [-0.3, -0.25) is 0 Å². The summed E-state index contributed by atoms with van der Waals surface area (Å²) in [5, 5.41) is 0. The molecule has 0 radical (unpaired) electrons. The van der Waals surface area contributed by atoms with E-state index < -0.39 is 0 Å². The Labute approximate surface area is 99.0 Å². The van der Waals surface area contributed by atoms with Crippen molar-refractivity contribution in [2.45, 2.75) is 57.8 Å². The third-order valence-electron chi connectivity index (χ3n) is 3.62. The highest BCUT2D eigenvalue weighted by Crippen LogP contribution is 2.21. The Kier molecular flexibility index (Phi) is 4.26. The van der Waals surface area contributed by atoms with E-state index in [4.69, 9.17) is 5.73 Å². The summed E-state index contributed by atoms with van der Waals surface area (Å²) in [6, 6.07) is 6.48. The number of aryl methyl sites for hydroxylation is 2. The highest BCUT2D eigenvalue weighted by Gasteiger charge is 2.05. The molecule has 0 bridgehead atoms. The van der Waals surface area contributed by atoms with Gasteiger partial charge >= 0.3 is 0 Å². The first kappa shape index (κ1) is 11.5. The summed E-state index contributed by atoms with van der Waals surface area (Å²) in [6.07, 6.45) is 12.2. The normalized spacial score (nSPS) is 18.5. The van der Waals surface area contributed by atoms with Crippen LogP contribution in [0.4, 0.5) is 5.69 Å². The van der Waals surface area contributed by atoms with Crippen molar-refractivity contribution in [2.75, 3.05) is 5.73 Å². The molecule has 1 aliphatic rings. The Morgan fingerprint density at radius 1 is 0.688 bits per heavy atom. The molecule has 1 aliphatic carbocycles. The minimum Gasteiger partial charge on any atom is -0.399 e. The van der Waals surface area contributed by atoms with E-state index in [9.17, 15) is 0 Å². The molecule has 88 valence electrons. The zero-order valence-corrected chi connectivity index (χ0v) is 10.2. The molecule has 0 saturated heterocycles. The van der Waals surface area contributed by atoms with Gasteiger partial charge in [-0.15, -0.1) is 0 Å². The lowest BCUT2D eigenvalue weighted by Gasteiger charge is -2.09. The predicted octanol–water partition coefficient (Wildman–Crippen LogP) is 4.10. The van der Waals surface area contributed by atoms with E-state index in [1.54, 1.807) is 0 Å². The molecule has 1 heteroatoms. The van der Waals surface area contributed by atoms with Gasteiger partial charge in [0.2, 0.25) is 0 Å². The molecule has 0 aromatic heterocycles. The smallest absolute Gasteiger partial charge is 0.0316 e. The molecular formula is C15H23N. The van der Waals surface area contributed by atoms with Crippen LogP contribution in [0.2, 0.25) is 0 Å². The van der Waals surface area contributed by atoms with E-state index in [2.05, 4.69) is 18.2 Å². The molecule has 0 amide bonds. The number of fused-ring (bicyclic) bond motifs is 1. The van der Waals surface area contributed by atoms with E-state index in [-0.39, 0.29) is 0 Å². The third kappa shape index (κ3) is 3.26. The molecule has 2 rings (SSSR count). The second kappa shape index (κ2) is 5.93. The van der Waals surface area contributed by atoms with Crippen LogP contribution >= 0.6 is 0 Å². The summed E-state index contributed by atoms with van der Waals surface area (Å²) in [4.78, 5) is 0. The van der Waals surface area contributed by atoms with E-state index in [1.807, 2.05) is 0 Å². The minimum atomic E-state index is 0.925. The first-order chi connectivity index (χ1) is 7.86. The van der Waals surface area contributed by atoms with Gasteiger partial charge in [-0.05, 0) is 48.9 Å². The number of hydrogen-bond donors (Lipinski definition) is 1. The van der Waals surface area contributed by atoms with Crippen LogP contribution in [0.5, 0.6) is 0 Å². The van der Waals surface area contributed by atoms with E-state index >= 15 is 0 Å². The molecule has 1 aromatic rings. The lowest BCUT2D eigenvalue weighted by Crippen LogP contribution is -1.97. The average Bonchev–Trinajstić information content (AvgIpc) is 2.33. The number of hydrogen-bond acceptors (Lipinski definition) is 1. The number of benzene rings is 1. The molecule has 0 atom stereocenters. The summed E-state index contributed by atoms with van der Waals surface area (Å²) < 4.78 is 0. The van der Waals surface area contributed by atoms with E-state index in [1.165, 1.54) is 68.9 Å². The fraction of sp³-hybridized carbons (Fsp3) is 0.600. The number of nitrogens with two attached hydrogens (primary N) is 1. The fourth-order valence-corrected chi connectivity index (χ4v) is 2.64. The molecule has 0 aliphatic heterocycles. The Morgan fingerprint density at radius 2 is 1.25 bits per heavy atom. The molecule has 2 N–H and O–H groups in total. The van der Waals surface area contributed by atoms with Gasteiger partial charge in [0.05, 0.1) is 0 Å². The van der Waals surface area contributed by atoms with E-state index in [0.29, 0.717) is 0 Å². The molecular weight excluding hydrogens is 194 g/mol. The maximum Gasteiger partial charge on any atom is 0.0316 e. The molecule has 0 spiro atoms. The van der Waals surface area contributed by atoms with Gasteiger partial charge in [-0.2, -0.15) is 0 Å². The predicted molar refractivity (Wildman–Crippen MR) is 70.6 cm³/mol. The second-order valence-electron chi connectivity index (χ2n) is 5.00. The molecule has 0 unspecified atom stereocenters. The lowest BCUT2D eigenvalue weighted by atomic mass is 9.97. The zero-order chi connectivity index (χ0) is 11.2. The SMILES string of the molecule is Nc1ccc2c(c1)CCCCCCCCC2. The Morgan fingerprint density at radius 3 is 1.94 bits per heavy atom. The van der Waals surface area contributed by atoms with Crippen LogP contribution in [0.25, 0.3) is 0 Å². The number of rotatable bonds is 0. The van der Waals surface area contributed by atoms with Crippen molar-refractivity contribution >= 4 is 5.69 Å². The van der Waals surface area contributed by atoms with Crippen LogP contribution in [-0.4, -0.2) is 0 Å². The molecule has 0 saturated carbocycles. The van der Waals surface area contributed by atoms with Gasteiger partial charge < -0.3 is 5.73 Å². The van der Waals surface area contributed by atoms with Crippen molar-refractivity contribution in [1.82, 2.24) is 0 Å². The topological polar surface area (TPSA) is 26.0 Å². The van der Waals surface area contributed by atoms with Crippen molar-refractivity contribution in [1.29, 1.82) is 0 Å². The summed E-state index contributed by atoms with van der Waals surface area (Å²) in [5.74, 6) is 0. The molecule has 0 fully saturated rings. The van der Waals surface area contributed by atoms with Gasteiger partial charge in [-0.25, -0.2) is 0 Å². The Bertz CT molecular complexity index is 330. The molecule has 16 heavy (non-hydrogen) atoms. The summed E-state index contributed by atoms with van der Waals surface area (Å²) >= 11 is 0.